The van der Waals surface area contributed by atoms with E-state index in [1.54, 1.807) is 27.8 Å². The molecular weight excluding hydrogens is 515 g/mol. The highest BCUT2D eigenvalue weighted by Gasteiger charge is 2.30. The highest BCUT2D eigenvalue weighted by Crippen LogP contribution is 2.28. The van der Waals surface area contributed by atoms with Crippen LogP contribution < -0.4 is 5.32 Å². The van der Waals surface area contributed by atoms with Crippen molar-refractivity contribution < 1.29 is 14.0 Å². The molecular formula is C34H31FN4O2. The number of rotatable bonds is 9. The molecule has 0 aliphatic heterocycles. The molecule has 0 unspecified atom stereocenters. The van der Waals surface area contributed by atoms with Gasteiger partial charge < -0.3 is 10.2 Å². The highest BCUT2D eigenvalue weighted by atomic mass is 19.1. The molecule has 4 aromatic carbocycles. The fourth-order valence-corrected chi connectivity index (χ4v) is 4.79. The van der Waals surface area contributed by atoms with E-state index in [-0.39, 0.29) is 30.2 Å². The van der Waals surface area contributed by atoms with Crippen molar-refractivity contribution in [1.82, 2.24) is 14.7 Å². The van der Waals surface area contributed by atoms with E-state index in [1.165, 1.54) is 12.1 Å². The molecule has 206 valence electrons. The molecule has 0 radical (unpaired) electrons. The van der Waals surface area contributed by atoms with Crippen LogP contribution in [-0.4, -0.2) is 39.1 Å². The summed E-state index contributed by atoms with van der Waals surface area (Å²) in [6.45, 7) is 3.64. The lowest BCUT2D eigenvalue weighted by Gasteiger charge is -2.30. The summed E-state index contributed by atoms with van der Waals surface area (Å²) in [5.74, 6) is -1.03. The van der Waals surface area contributed by atoms with Gasteiger partial charge in [-0.25, -0.2) is 9.07 Å². The number of carbonyl (C=O) groups excluding carboxylic acids is 2. The molecule has 5 aromatic rings. The quantitative estimate of drug-likeness (QED) is 0.224. The van der Waals surface area contributed by atoms with Gasteiger partial charge in [-0.2, -0.15) is 5.10 Å². The summed E-state index contributed by atoms with van der Waals surface area (Å²) >= 11 is 0. The number of halogens is 1. The van der Waals surface area contributed by atoms with E-state index in [1.807, 2.05) is 105 Å². The predicted molar refractivity (Wildman–Crippen MR) is 159 cm³/mol. The van der Waals surface area contributed by atoms with Crippen molar-refractivity contribution in [3.05, 3.63) is 138 Å². The van der Waals surface area contributed by atoms with E-state index >= 15 is 0 Å². The first-order valence-electron chi connectivity index (χ1n) is 13.5. The van der Waals surface area contributed by atoms with Gasteiger partial charge in [0.15, 0.2) is 0 Å². The zero-order chi connectivity index (χ0) is 28.8. The minimum atomic E-state index is -0.554. The van der Waals surface area contributed by atoms with Crippen molar-refractivity contribution in [2.75, 3.05) is 11.9 Å². The smallest absolute Gasteiger partial charge is 0.245 e. The number of anilines is 1. The fraction of sp³-hybridized carbons (Fsp3) is 0.147. The van der Waals surface area contributed by atoms with E-state index < -0.39 is 5.92 Å². The molecule has 7 heteroatoms. The largest absolute Gasteiger partial charge is 0.330 e. The molecule has 0 bridgehead atoms. The standard InChI is InChI=1S/C34H31FN4O2/c1-24(2)38(34(41)33(26-14-8-4-9-15-26)27-16-10-5-11-17-27)23-32(40)36-31-22-30(25-12-6-3-7-13-25)37-39(31)29-20-18-28(35)19-21-29/h3-22,24,33H,23H2,1-2H3,(H,36,40). The van der Waals surface area contributed by atoms with Gasteiger partial charge in [0.25, 0.3) is 0 Å². The van der Waals surface area contributed by atoms with Crippen molar-refractivity contribution in [3.8, 4) is 16.9 Å². The van der Waals surface area contributed by atoms with Crippen LogP contribution in [0.15, 0.2) is 121 Å². The number of benzene rings is 4. The first-order chi connectivity index (χ1) is 19.9. The summed E-state index contributed by atoms with van der Waals surface area (Å²) in [5.41, 5.74) is 3.83. The second kappa shape index (κ2) is 12.4. The van der Waals surface area contributed by atoms with Crippen LogP contribution in [0.25, 0.3) is 16.9 Å². The van der Waals surface area contributed by atoms with Crippen molar-refractivity contribution in [3.63, 3.8) is 0 Å². The molecule has 0 saturated heterocycles. The lowest BCUT2D eigenvalue weighted by Crippen LogP contribution is -2.45. The third-order valence-electron chi connectivity index (χ3n) is 6.85. The van der Waals surface area contributed by atoms with E-state index in [2.05, 4.69) is 10.4 Å². The van der Waals surface area contributed by atoms with Crippen molar-refractivity contribution in [2.24, 2.45) is 0 Å². The second-order valence-electron chi connectivity index (χ2n) is 10.0. The number of carbonyl (C=O) groups is 2. The Morgan fingerprint density at radius 3 is 1.88 bits per heavy atom. The maximum absolute atomic E-state index is 14.1. The normalized spacial score (nSPS) is 11.0. The van der Waals surface area contributed by atoms with Crippen LogP contribution in [0, 0.1) is 5.82 Å². The van der Waals surface area contributed by atoms with E-state index in [0.717, 1.165) is 16.7 Å². The Bertz CT molecular complexity index is 1560. The topological polar surface area (TPSA) is 67.2 Å². The van der Waals surface area contributed by atoms with Crippen molar-refractivity contribution >= 4 is 17.6 Å². The van der Waals surface area contributed by atoms with Crippen LogP contribution in [0.4, 0.5) is 10.2 Å². The Morgan fingerprint density at radius 1 is 0.805 bits per heavy atom. The number of hydrogen-bond donors (Lipinski definition) is 1. The molecule has 2 amide bonds. The van der Waals surface area contributed by atoms with Gasteiger partial charge >= 0.3 is 0 Å². The van der Waals surface area contributed by atoms with Crippen LogP contribution in [0.2, 0.25) is 0 Å². The number of amides is 2. The number of aromatic nitrogens is 2. The van der Waals surface area contributed by atoms with Crippen molar-refractivity contribution in [2.45, 2.75) is 25.8 Å². The Balaban J connectivity index is 1.44. The van der Waals surface area contributed by atoms with Crippen LogP contribution in [0.3, 0.4) is 0 Å². The fourth-order valence-electron chi connectivity index (χ4n) is 4.79. The zero-order valence-electron chi connectivity index (χ0n) is 22.9. The van der Waals surface area contributed by atoms with Gasteiger partial charge in [0.1, 0.15) is 18.2 Å². The van der Waals surface area contributed by atoms with Gasteiger partial charge in [-0.05, 0) is 49.2 Å². The predicted octanol–water partition coefficient (Wildman–Crippen LogP) is 6.69. The van der Waals surface area contributed by atoms with Crippen LogP contribution >= 0.6 is 0 Å². The van der Waals surface area contributed by atoms with Gasteiger partial charge in [0, 0.05) is 17.7 Å². The molecule has 5 rings (SSSR count). The molecule has 0 fully saturated rings. The van der Waals surface area contributed by atoms with E-state index in [4.69, 9.17) is 0 Å². The summed E-state index contributed by atoms with van der Waals surface area (Å²) in [5, 5.41) is 7.64. The monoisotopic (exact) mass is 546 g/mol. The van der Waals surface area contributed by atoms with Gasteiger partial charge in [0.05, 0.1) is 17.3 Å². The van der Waals surface area contributed by atoms with E-state index in [0.29, 0.717) is 17.2 Å². The van der Waals surface area contributed by atoms with Crippen molar-refractivity contribution in [1.29, 1.82) is 0 Å². The molecule has 1 heterocycles. The lowest BCUT2D eigenvalue weighted by atomic mass is 9.89. The van der Waals surface area contributed by atoms with Gasteiger partial charge in [-0.15, -0.1) is 0 Å². The Kier molecular flexibility index (Phi) is 8.34. The van der Waals surface area contributed by atoms with Gasteiger partial charge in [-0.1, -0.05) is 91.0 Å². The summed E-state index contributed by atoms with van der Waals surface area (Å²) in [6.07, 6.45) is 0. The van der Waals surface area contributed by atoms with Crippen LogP contribution in [0.1, 0.15) is 30.9 Å². The zero-order valence-corrected chi connectivity index (χ0v) is 22.9. The summed E-state index contributed by atoms with van der Waals surface area (Å²) < 4.78 is 15.2. The average Bonchev–Trinajstić information content (AvgIpc) is 3.41. The maximum Gasteiger partial charge on any atom is 0.245 e. The minimum Gasteiger partial charge on any atom is -0.330 e. The Hall–Kier alpha value is -5.04. The second-order valence-corrected chi connectivity index (χ2v) is 10.0. The van der Waals surface area contributed by atoms with Crippen LogP contribution in [-0.2, 0) is 9.59 Å². The molecule has 0 aliphatic rings. The van der Waals surface area contributed by atoms with E-state index in [9.17, 15) is 14.0 Å². The summed E-state index contributed by atoms with van der Waals surface area (Å²) in [4.78, 5) is 29.2. The minimum absolute atomic E-state index is 0.151. The molecule has 41 heavy (non-hydrogen) atoms. The first-order valence-corrected chi connectivity index (χ1v) is 13.5. The number of nitrogens with one attached hydrogen (secondary N) is 1. The molecule has 0 aliphatic carbocycles. The Morgan fingerprint density at radius 2 is 1.34 bits per heavy atom. The number of nitrogens with zero attached hydrogens (tertiary/aromatic N) is 3. The molecule has 0 spiro atoms. The highest BCUT2D eigenvalue weighted by molar-refractivity contribution is 5.96. The number of hydrogen-bond acceptors (Lipinski definition) is 3. The van der Waals surface area contributed by atoms with Gasteiger partial charge in [-0.3, -0.25) is 9.59 Å². The maximum atomic E-state index is 14.1. The lowest BCUT2D eigenvalue weighted by molar-refractivity contribution is -0.137. The molecule has 0 saturated carbocycles. The first kappa shape index (κ1) is 27.5. The third-order valence-corrected chi connectivity index (χ3v) is 6.85. The molecule has 0 atom stereocenters. The summed E-state index contributed by atoms with van der Waals surface area (Å²) in [6, 6.07) is 36.2. The van der Waals surface area contributed by atoms with Gasteiger partial charge in [0.2, 0.25) is 11.8 Å². The van der Waals surface area contributed by atoms with Crippen LogP contribution in [0.5, 0.6) is 0 Å². The molecule has 1 N–H and O–H groups in total. The third kappa shape index (κ3) is 6.41. The molecule has 1 aromatic heterocycles. The SMILES string of the molecule is CC(C)N(CC(=O)Nc1cc(-c2ccccc2)nn1-c1ccc(F)cc1)C(=O)C(c1ccccc1)c1ccccc1. The Labute approximate surface area is 239 Å². The average molecular weight is 547 g/mol. The summed E-state index contributed by atoms with van der Waals surface area (Å²) in [7, 11) is 0. The molecule has 6 nitrogen and oxygen atoms in total.